The van der Waals surface area contributed by atoms with E-state index >= 15 is 0 Å². The Bertz CT molecular complexity index is 547. The number of aryl methyl sites for hydroxylation is 1. The van der Waals surface area contributed by atoms with Crippen molar-refractivity contribution in [2.24, 2.45) is 0 Å². The number of ether oxygens (including phenoxy) is 1. The summed E-state index contributed by atoms with van der Waals surface area (Å²) < 4.78 is 54.9. The monoisotopic (exact) mass is 275 g/mol. The first-order valence-electron chi connectivity index (χ1n) is 5.84. The molecule has 0 saturated heterocycles. The molecule has 2 rings (SSSR count). The molecule has 19 heavy (non-hydrogen) atoms. The molecule has 1 aromatic heterocycles. The number of nitrogens with zero attached hydrogens (tertiary/aromatic N) is 1. The van der Waals surface area contributed by atoms with Crippen LogP contribution in [0.15, 0.2) is 30.5 Å². The van der Waals surface area contributed by atoms with Crippen molar-refractivity contribution in [3.63, 3.8) is 0 Å². The van der Waals surface area contributed by atoms with Crippen LogP contribution >= 0.6 is 0 Å². The van der Waals surface area contributed by atoms with Crippen LogP contribution in [0.5, 0.6) is 0 Å². The van der Waals surface area contributed by atoms with E-state index in [2.05, 4.69) is 4.74 Å². The summed E-state index contributed by atoms with van der Waals surface area (Å²) in [5.41, 5.74) is 0.732. The van der Waals surface area contributed by atoms with Gasteiger partial charge in [0.05, 0.1) is 5.52 Å². The van der Waals surface area contributed by atoms with E-state index in [4.69, 9.17) is 0 Å². The van der Waals surface area contributed by atoms with Gasteiger partial charge in [-0.3, -0.25) is 0 Å². The molecule has 0 atom stereocenters. The largest absolute Gasteiger partial charge is 0.411 e. The Morgan fingerprint density at radius 1 is 1.16 bits per heavy atom. The third-order valence-corrected chi connectivity index (χ3v) is 2.69. The Morgan fingerprint density at radius 2 is 1.95 bits per heavy atom. The number of rotatable bonds is 5. The number of hydrogen-bond acceptors (Lipinski definition) is 1. The van der Waals surface area contributed by atoms with Crippen LogP contribution in [0.3, 0.4) is 0 Å². The molecule has 0 aliphatic rings. The van der Waals surface area contributed by atoms with Gasteiger partial charge in [0, 0.05) is 19.3 Å². The van der Waals surface area contributed by atoms with Gasteiger partial charge in [0.15, 0.2) is 0 Å². The van der Waals surface area contributed by atoms with Gasteiger partial charge >= 0.3 is 6.18 Å². The van der Waals surface area contributed by atoms with Gasteiger partial charge in [-0.15, -0.1) is 0 Å². The first kappa shape index (κ1) is 13.9. The fourth-order valence-electron chi connectivity index (χ4n) is 1.88. The van der Waals surface area contributed by atoms with Crippen LogP contribution in [0.2, 0.25) is 0 Å². The molecule has 1 aromatic carbocycles. The predicted octanol–water partition coefficient (Wildman–Crippen LogP) is 3.75. The highest BCUT2D eigenvalue weighted by molar-refractivity contribution is 5.80. The maximum absolute atomic E-state index is 13.1. The topological polar surface area (TPSA) is 14.2 Å². The van der Waals surface area contributed by atoms with E-state index < -0.39 is 12.8 Å². The minimum absolute atomic E-state index is 0.0223. The summed E-state index contributed by atoms with van der Waals surface area (Å²) in [5.74, 6) is -0.333. The molecule has 0 unspecified atom stereocenters. The normalized spacial score (nSPS) is 12.2. The third kappa shape index (κ3) is 3.96. The SMILES string of the molecule is Fc1ccc2ccn(CCCOCC(F)(F)F)c2c1. The molecule has 0 radical (unpaired) electrons. The van der Waals surface area contributed by atoms with Crippen molar-refractivity contribution in [3.05, 3.63) is 36.3 Å². The zero-order valence-electron chi connectivity index (χ0n) is 10.1. The van der Waals surface area contributed by atoms with E-state index in [1.807, 2.05) is 6.07 Å². The highest BCUT2D eigenvalue weighted by Crippen LogP contribution is 2.18. The molecule has 0 fully saturated rings. The fourth-order valence-corrected chi connectivity index (χ4v) is 1.88. The average molecular weight is 275 g/mol. The first-order valence-corrected chi connectivity index (χ1v) is 5.84. The Labute approximate surface area is 107 Å². The molecule has 0 bridgehead atoms. The van der Waals surface area contributed by atoms with Crippen molar-refractivity contribution in [3.8, 4) is 0 Å². The summed E-state index contributed by atoms with van der Waals surface area (Å²) in [4.78, 5) is 0. The smallest absolute Gasteiger partial charge is 0.372 e. The van der Waals surface area contributed by atoms with Crippen LogP contribution in [0.1, 0.15) is 6.42 Å². The molecule has 0 spiro atoms. The van der Waals surface area contributed by atoms with E-state index in [-0.39, 0.29) is 12.4 Å². The number of alkyl halides is 3. The van der Waals surface area contributed by atoms with Gasteiger partial charge in [-0.05, 0) is 36.1 Å². The number of benzene rings is 1. The van der Waals surface area contributed by atoms with E-state index in [0.29, 0.717) is 13.0 Å². The van der Waals surface area contributed by atoms with Crippen LogP contribution in [0, 0.1) is 5.82 Å². The summed E-state index contributed by atoms with van der Waals surface area (Å²) in [7, 11) is 0. The molecule has 104 valence electrons. The predicted molar refractivity (Wildman–Crippen MR) is 63.4 cm³/mol. The maximum atomic E-state index is 13.1. The van der Waals surface area contributed by atoms with Crippen molar-refractivity contribution in [2.75, 3.05) is 13.2 Å². The Balaban J connectivity index is 1.86. The zero-order chi connectivity index (χ0) is 13.9. The summed E-state index contributed by atoms with van der Waals surface area (Å²) in [5, 5.41) is 0.901. The van der Waals surface area contributed by atoms with Gasteiger partial charge in [-0.25, -0.2) is 4.39 Å². The van der Waals surface area contributed by atoms with Crippen molar-refractivity contribution >= 4 is 10.9 Å². The molecule has 0 N–H and O–H groups in total. The maximum Gasteiger partial charge on any atom is 0.411 e. The first-order chi connectivity index (χ1) is 8.96. The Kier molecular flexibility index (Phi) is 4.09. The van der Waals surface area contributed by atoms with Gasteiger partial charge in [-0.2, -0.15) is 13.2 Å². The molecular weight excluding hydrogens is 262 g/mol. The molecule has 0 saturated carbocycles. The summed E-state index contributed by atoms with van der Waals surface area (Å²) in [6.45, 7) is -0.715. The lowest BCUT2D eigenvalue weighted by atomic mass is 10.2. The van der Waals surface area contributed by atoms with Crippen LogP contribution in [-0.2, 0) is 11.3 Å². The molecule has 2 aromatic rings. The quantitative estimate of drug-likeness (QED) is 0.599. The molecule has 2 nitrogen and oxygen atoms in total. The molecular formula is C13H13F4NO. The second-order valence-electron chi connectivity index (χ2n) is 4.23. The van der Waals surface area contributed by atoms with Crippen LogP contribution in [0.4, 0.5) is 17.6 Å². The number of aromatic nitrogens is 1. The van der Waals surface area contributed by atoms with E-state index in [9.17, 15) is 17.6 Å². The van der Waals surface area contributed by atoms with Crippen LogP contribution < -0.4 is 0 Å². The van der Waals surface area contributed by atoms with Gasteiger partial charge < -0.3 is 9.30 Å². The van der Waals surface area contributed by atoms with Gasteiger partial charge in [0.25, 0.3) is 0 Å². The second kappa shape index (κ2) is 5.61. The van der Waals surface area contributed by atoms with Crippen molar-refractivity contribution in [2.45, 2.75) is 19.1 Å². The van der Waals surface area contributed by atoms with Gasteiger partial charge in [0.1, 0.15) is 12.4 Å². The lowest BCUT2D eigenvalue weighted by Gasteiger charge is -2.08. The number of fused-ring (bicyclic) bond motifs is 1. The minimum atomic E-state index is -4.29. The van der Waals surface area contributed by atoms with Gasteiger partial charge in [-0.1, -0.05) is 0 Å². The second-order valence-corrected chi connectivity index (χ2v) is 4.23. The average Bonchev–Trinajstić information content (AvgIpc) is 2.70. The highest BCUT2D eigenvalue weighted by atomic mass is 19.4. The summed E-state index contributed by atoms with van der Waals surface area (Å²) >= 11 is 0. The lowest BCUT2D eigenvalue weighted by molar-refractivity contribution is -0.174. The Morgan fingerprint density at radius 3 is 2.68 bits per heavy atom. The molecule has 0 aliphatic carbocycles. The fraction of sp³-hybridized carbons (Fsp3) is 0.385. The van der Waals surface area contributed by atoms with Crippen LogP contribution in [-0.4, -0.2) is 24.0 Å². The number of halogens is 4. The third-order valence-electron chi connectivity index (χ3n) is 2.69. The molecule has 0 amide bonds. The van der Waals surface area contributed by atoms with E-state index in [1.165, 1.54) is 12.1 Å². The number of hydrogen-bond donors (Lipinski definition) is 0. The Hall–Kier alpha value is -1.56. The van der Waals surface area contributed by atoms with Crippen molar-refractivity contribution in [1.82, 2.24) is 4.57 Å². The molecule has 6 heteroatoms. The summed E-state index contributed by atoms with van der Waals surface area (Å²) in [6.07, 6.45) is -2.06. The molecule has 0 aliphatic heterocycles. The zero-order valence-corrected chi connectivity index (χ0v) is 10.1. The van der Waals surface area contributed by atoms with Crippen molar-refractivity contribution in [1.29, 1.82) is 0 Å². The van der Waals surface area contributed by atoms with E-state index in [0.717, 1.165) is 10.9 Å². The van der Waals surface area contributed by atoms with Crippen molar-refractivity contribution < 1.29 is 22.3 Å². The van der Waals surface area contributed by atoms with Crippen LogP contribution in [0.25, 0.3) is 10.9 Å². The minimum Gasteiger partial charge on any atom is -0.372 e. The van der Waals surface area contributed by atoms with E-state index in [1.54, 1.807) is 16.8 Å². The van der Waals surface area contributed by atoms with Gasteiger partial charge in [0.2, 0.25) is 0 Å². The standard InChI is InChI=1S/C13H13F4NO/c14-11-3-2-10-4-6-18(12(10)8-11)5-1-7-19-9-13(15,16)17/h2-4,6,8H,1,5,7,9H2. The lowest BCUT2D eigenvalue weighted by Crippen LogP contribution is -2.17. The molecule has 1 heterocycles. The highest BCUT2D eigenvalue weighted by Gasteiger charge is 2.27. The summed E-state index contributed by atoms with van der Waals surface area (Å²) in [6, 6.07) is 6.29.